The van der Waals surface area contributed by atoms with Gasteiger partial charge in [-0.15, -0.1) is 16.9 Å². The molecule has 3 rings (SSSR count). The van der Waals surface area contributed by atoms with Crippen LogP contribution in [0.1, 0.15) is 0 Å². The summed E-state index contributed by atoms with van der Waals surface area (Å²) in [6, 6.07) is 8.44. The van der Waals surface area contributed by atoms with Gasteiger partial charge in [-0.05, 0) is 18.4 Å². The lowest BCUT2D eigenvalue weighted by Crippen LogP contribution is -2.03. The molecule has 1 aromatic heterocycles. The summed E-state index contributed by atoms with van der Waals surface area (Å²) in [5.41, 5.74) is 1.74. The predicted octanol–water partition coefficient (Wildman–Crippen LogP) is 3.15. The number of phosphoric acid groups is 1. The van der Waals surface area contributed by atoms with E-state index in [2.05, 4.69) is 10.3 Å². The maximum Gasteiger partial charge on any atom is 0.524 e. The highest BCUT2D eigenvalue weighted by atomic mass is 32.2. The van der Waals surface area contributed by atoms with Gasteiger partial charge in [0.15, 0.2) is 11.5 Å². The fourth-order valence-corrected chi connectivity index (χ4v) is 3.82. The predicted molar refractivity (Wildman–Crippen MR) is 111 cm³/mol. The molecule has 30 heavy (non-hydrogen) atoms. The van der Waals surface area contributed by atoms with Crippen LogP contribution in [0.15, 0.2) is 41.4 Å². The number of rotatable bonds is 8. The molecule has 3 aromatic rings. The van der Waals surface area contributed by atoms with Gasteiger partial charge in [0.25, 0.3) is 0 Å². The van der Waals surface area contributed by atoms with Crippen LogP contribution in [-0.4, -0.2) is 52.4 Å². The van der Waals surface area contributed by atoms with Crippen LogP contribution in [0.3, 0.4) is 0 Å². The number of benzene rings is 2. The molecule has 10 nitrogen and oxygen atoms in total. The van der Waals surface area contributed by atoms with Crippen molar-refractivity contribution in [3.63, 3.8) is 0 Å². The second-order valence-electron chi connectivity index (χ2n) is 5.86. The van der Waals surface area contributed by atoms with Gasteiger partial charge in [-0.2, -0.15) is 0 Å². The Labute approximate surface area is 177 Å². The number of aromatic nitrogens is 3. The van der Waals surface area contributed by atoms with Gasteiger partial charge in [0, 0.05) is 22.6 Å². The molecule has 0 aliphatic carbocycles. The van der Waals surface area contributed by atoms with Crippen LogP contribution < -0.4 is 18.7 Å². The zero-order valence-electron chi connectivity index (χ0n) is 16.6. The van der Waals surface area contributed by atoms with Crippen molar-refractivity contribution in [1.82, 2.24) is 15.0 Å². The molecule has 0 fully saturated rings. The molecular formula is C18H20N3O7PS. The van der Waals surface area contributed by atoms with Gasteiger partial charge in [-0.1, -0.05) is 11.3 Å². The molecule has 1 heterocycles. The molecule has 0 saturated heterocycles. The maximum atomic E-state index is 11.3. The van der Waals surface area contributed by atoms with E-state index in [1.165, 1.54) is 45.4 Å². The van der Waals surface area contributed by atoms with Crippen molar-refractivity contribution in [2.75, 3.05) is 27.6 Å². The molecule has 0 spiro atoms. The monoisotopic (exact) mass is 453 g/mol. The smallest absolute Gasteiger partial charge is 0.493 e. The third-order valence-electron chi connectivity index (χ3n) is 4.12. The quantitative estimate of drug-likeness (QED) is 0.388. The first-order valence-corrected chi connectivity index (χ1v) is 11.2. The van der Waals surface area contributed by atoms with Crippen molar-refractivity contribution < 1.29 is 33.1 Å². The number of ether oxygens (including phenoxy) is 3. The topological polar surface area (TPSA) is 125 Å². The Hall–Kier alpha value is -2.72. The van der Waals surface area contributed by atoms with E-state index in [1.807, 2.05) is 0 Å². The Kier molecular flexibility index (Phi) is 6.57. The summed E-state index contributed by atoms with van der Waals surface area (Å²) < 4.78 is 33.9. The van der Waals surface area contributed by atoms with Crippen molar-refractivity contribution in [2.45, 2.75) is 4.90 Å². The van der Waals surface area contributed by atoms with E-state index in [-0.39, 0.29) is 5.75 Å². The molecule has 2 aromatic carbocycles. The van der Waals surface area contributed by atoms with Gasteiger partial charge >= 0.3 is 7.82 Å². The number of hydrogen-bond donors (Lipinski definition) is 2. The van der Waals surface area contributed by atoms with E-state index in [0.717, 1.165) is 0 Å². The Morgan fingerprint density at radius 2 is 1.67 bits per heavy atom. The minimum atomic E-state index is -4.72. The Morgan fingerprint density at radius 1 is 1.00 bits per heavy atom. The molecule has 0 atom stereocenters. The standard InChI is InChI=1S/C18H20N3O7PS/c1-25-15-8-12(9-16(26-2)18(15)27-3)21-13(10-19-20-21)11-5-6-17(30-4)14(7-11)28-29(22,23)24/h5-10H,1-4H3,(H2,22,23,24). The van der Waals surface area contributed by atoms with Crippen LogP contribution in [0.5, 0.6) is 23.0 Å². The normalized spacial score (nSPS) is 11.3. The summed E-state index contributed by atoms with van der Waals surface area (Å²) in [6.07, 6.45) is 3.31. The highest BCUT2D eigenvalue weighted by Gasteiger charge is 2.21. The van der Waals surface area contributed by atoms with Gasteiger partial charge in [0.1, 0.15) is 5.75 Å². The van der Waals surface area contributed by atoms with Crippen molar-refractivity contribution in [1.29, 1.82) is 0 Å². The van der Waals surface area contributed by atoms with E-state index in [4.69, 9.17) is 18.7 Å². The highest BCUT2D eigenvalue weighted by molar-refractivity contribution is 7.98. The lowest BCUT2D eigenvalue weighted by Gasteiger charge is -2.15. The average Bonchev–Trinajstić information content (AvgIpc) is 3.21. The van der Waals surface area contributed by atoms with E-state index >= 15 is 0 Å². The first-order chi connectivity index (χ1) is 14.3. The maximum absolute atomic E-state index is 11.3. The molecule has 0 aliphatic heterocycles. The molecular weight excluding hydrogens is 433 g/mol. The first kappa shape index (κ1) is 22.0. The van der Waals surface area contributed by atoms with Crippen LogP contribution in [-0.2, 0) is 4.57 Å². The lowest BCUT2D eigenvalue weighted by molar-refractivity contribution is 0.281. The summed E-state index contributed by atoms with van der Waals surface area (Å²) in [6.45, 7) is 0. The molecule has 0 unspecified atom stereocenters. The fraction of sp³-hybridized carbons (Fsp3) is 0.222. The Balaban J connectivity index is 2.13. The summed E-state index contributed by atoms with van der Waals surface area (Å²) >= 11 is 1.30. The van der Waals surface area contributed by atoms with Crippen LogP contribution in [0, 0.1) is 0 Å². The summed E-state index contributed by atoms with van der Waals surface area (Å²) in [4.78, 5) is 19.0. The molecule has 0 saturated carbocycles. The number of thioether (sulfide) groups is 1. The Morgan fingerprint density at radius 3 is 2.20 bits per heavy atom. The minimum absolute atomic E-state index is 0.0611. The number of phosphoric ester groups is 1. The number of methoxy groups -OCH3 is 3. The molecule has 0 aliphatic rings. The third kappa shape index (κ3) is 4.54. The molecule has 0 radical (unpaired) electrons. The molecule has 0 amide bonds. The van der Waals surface area contributed by atoms with Gasteiger partial charge in [0.2, 0.25) is 5.75 Å². The summed E-state index contributed by atoms with van der Waals surface area (Å²) in [5, 5.41) is 8.11. The highest BCUT2D eigenvalue weighted by Crippen LogP contribution is 2.44. The zero-order chi connectivity index (χ0) is 21.9. The second-order valence-corrected chi connectivity index (χ2v) is 7.87. The molecule has 160 valence electrons. The van der Waals surface area contributed by atoms with Crippen molar-refractivity contribution in [3.05, 3.63) is 36.5 Å². The SMILES string of the molecule is COc1cc(-n2nncc2-c2ccc(SC)c(OP(=O)(O)O)c2)cc(OC)c1OC. The lowest BCUT2D eigenvalue weighted by atomic mass is 10.1. The zero-order valence-corrected chi connectivity index (χ0v) is 18.3. The third-order valence-corrected chi connectivity index (χ3v) is 5.33. The summed E-state index contributed by atoms with van der Waals surface area (Å²) in [7, 11) is -0.192. The van der Waals surface area contributed by atoms with Crippen molar-refractivity contribution >= 4 is 19.6 Å². The number of hydrogen-bond acceptors (Lipinski definition) is 8. The van der Waals surface area contributed by atoms with Gasteiger partial charge in [0.05, 0.1) is 38.9 Å². The van der Waals surface area contributed by atoms with Gasteiger partial charge in [-0.25, -0.2) is 9.25 Å². The summed E-state index contributed by atoms with van der Waals surface area (Å²) in [5.74, 6) is 1.38. The Bertz CT molecular complexity index is 1070. The molecule has 0 bridgehead atoms. The average molecular weight is 453 g/mol. The van der Waals surface area contributed by atoms with E-state index in [9.17, 15) is 14.4 Å². The van der Waals surface area contributed by atoms with Crippen LogP contribution in [0.2, 0.25) is 0 Å². The second kappa shape index (κ2) is 8.97. The fourth-order valence-electron chi connectivity index (χ4n) is 2.85. The van der Waals surface area contributed by atoms with E-state index in [0.29, 0.717) is 39.1 Å². The van der Waals surface area contributed by atoms with Gasteiger partial charge < -0.3 is 18.7 Å². The van der Waals surface area contributed by atoms with Crippen molar-refractivity contribution in [3.8, 4) is 39.9 Å². The van der Waals surface area contributed by atoms with Crippen LogP contribution >= 0.6 is 19.6 Å². The molecule has 2 N–H and O–H groups in total. The minimum Gasteiger partial charge on any atom is -0.493 e. The largest absolute Gasteiger partial charge is 0.524 e. The molecule has 12 heteroatoms. The number of nitrogens with zero attached hydrogens (tertiary/aromatic N) is 3. The van der Waals surface area contributed by atoms with Crippen LogP contribution in [0.25, 0.3) is 16.9 Å². The first-order valence-electron chi connectivity index (χ1n) is 8.46. The van der Waals surface area contributed by atoms with Crippen molar-refractivity contribution in [2.24, 2.45) is 0 Å². The van der Waals surface area contributed by atoms with E-state index < -0.39 is 7.82 Å². The van der Waals surface area contributed by atoms with Crippen LogP contribution in [0.4, 0.5) is 0 Å². The van der Waals surface area contributed by atoms with Gasteiger partial charge in [-0.3, -0.25) is 9.79 Å². The van der Waals surface area contributed by atoms with E-state index in [1.54, 1.807) is 35.2 Å².